The van der Waals surface area contributed by atoms with Crippen LogP contribution in [0.15, 0.2) is 0 Å². The average molecular weight is 276 g/mol. The molecule has 2 unspecified atom stereocenters. The van der Waals surface area contributed by atoms with Crippen LogP contribution in [0.25, 0.3) is 0 Å². The predicted octanol–water partition coefficient (Wildman–Crippen LogP) is 3.79. The second-order valence-electron chi connectivity index (χ2n) is 7.30. The minimum atomic E-state index is -0.277. The van der Waals surface area contributed by atoms with Gasteiger partial charge in [0.15, 0.2) is 0 Å². The van der Waals surface area contributed by atoms with Crippen molar-refractivity contribution in [1.82, 2.24) is 5.32 Å². The second-order valence-corrected chi connectivity index (χ2v) is 7.30. The Morgan fingerprint density at radius 1 is 1.15 bits per heavy atom. The number of amides is 1. The van der Waals surface area contributed by atoms with E-state index in [2.05, 4.69) is 25.2 Å². The number of nitrogens with zero attached hydrogens (tertiary/aromatic N) is 1. The Kier molecular flexibility index (Phi) is 5.07. The molecule has 0 bridgehead atoms. The number of hydrogen-bond acceptors (Lipinski definition) is 2. The van der Waals surface area contributed by atoms with E-state index in [1.807, 2.05) is 0 Å². The number of nitrogens with one attached hydrogen (secondary N) is 1. The molecule has 0 aromatic heterocycles. The maximum absolute atomic E-state index is 12.6. The number of nitriles is 1. The first-order valence-electron chi connectivity index (χ1n) is 8.24. The summed E-state index contributed by atoms with van der Waals surface area (Å²) in [6, 6.07) is 2.06. The van der Waals surface area contributed by atoms with Crippen molar-refractivity contribution in [2.24, 2.45) is 17.3 Å². The Hall–Kier alpha value is -1.04. The van der Waals surface area contributed by atoms with E-state index in [0.29, 0.717) is 5.92 Å². The van der Waals surface area contributed by atoms with E-state index < -0.39 is 0 Å². The van der Waals surface area contributed by atoms with Crippen LogP contribution in [0.2, 0.25) is 0 Å². The summed E-state index contributed by atoms with van der Waals surface area (Å²) < 4.78 is 0. The Balaban J connectivity index is 1.96. The quantitative estimate of drug-likeness (QED) is 0.852. The van der Waals surface area contributed by atoms with Gasteiger partial charge >= 0.3 is 0 Å². The first-order chi connectivity index (χ1) is 9.54. The highest BCUT2D eigenvalue weighted by molar-refractivity contribution is 5.80. The van der Waals surface area contributed by atoms with Gasteiger partial charge in [-0.05, 0) is 37.0 Å². The van der Waals surface area contributed by atoms with Gasteiger partial charge in [0.25, 0.3) is 0 Å². The lowest BCUT2D eigenvalue weighted by molar-refractivity contribution is -0.131. The summed E-state index contributed by atoms with van der Waals surface area (Å²) in [5.41, 5.74) is 0.0783. The molecule has 0 aromatic rings. The van der Waals surface area contributed by atoms with Crippen LogP contribution in [-0.4, -0.2) is 11.9 Å². The van der Waals surface area contributed by atoms with Crippen molar-refractivity contribution < 1.29 is 4.79 Å². The normalized spacial score (nSPS) is 28.4. The maximum atomic E-state index is 12.6. The molecule has 2 saturated carbocycles. The monoisotopic (exact) mass is 276 g/mol. The smallest absolute Gasteiger partial charge is 0.224 e. The summed E-state index contributed by atoms with van der Waals surface area (Å²) in [6.07, 6.45) is 10.3. The molecule has 2 fully saturated rings. The van der Waals surface area contributed by atoms with Crippen LogP contribution >= 0.6 is 0 Å². The van der Waals surface area contributed by atoms with Gasteiger partial charge in [-0.25, -0.2) is 0 Å². The molecule has 2 atom stereocenters. The van der Waals surface area contributed by atoms with Crippen molar-refractivity contribution >= 4 is 5.91 Å². The molecular weight excluding hydrogens is 248 g/mol. The van der Waals surface area contributed by atoms with Gasteiger partial charge in [-0.1, -0.05) is 46.0 Å². The number of carbonyl (C=O) groups excluding carboxylic acids is 1. The Labute approximate surface area is 123 Å². The van der Waals surface area contributed by atoms with Gasteiger partial charge < -0.3 is 5.32 Å². The topological polar surface area (TPSA) is 52.9 Å². The van der Waals surface area contributed by atoms with Crippen molar-refractivity contribution in [2.75, 3.05) is 0 Å². The van der Waals surface area contributed by atoms with E-state index in [9.17, 15) is 10.1 Å². The SMILES string of the molecule is CC1(C)CCCCC1C(=O)NC(C#N)C1CCCCC1. The van der Waals surface area contributed by atoms with Gasteiger partial charge in [0.1, 0.15) is 6.04 Å². The van der Waals surface area contributed by atoms with Crippen molar-refractivity contribution in [1.29, 1.82) is 5.26 Å². The largest absolute Gasteiger partial charge is 0.340 e. The molecule has 3 nitrogen and oxygen atoms in total. The highest BCUT2D eigenvalue weighted by Crippen LogP contribution is 2.40. The lowest BCUT2D eigenvalue weighted by atomic mass is 9.68. The molecule has 112 valence electrons. The molecule has 2 rings (SSSR count). The fourth-order valence-electron chi connectivity index (χ4n) is 3.96. The molecule has 0 radical (unpaired) electrons. The van der Waals surface area contributed by atoms with E-state index in [-0.39, 0.29) is 23.3 Å². The highest BCUT2D eigenvalue weighted by Gasteiger charge is 2.38. The first kappa shape index (κ1) is 15.4. The number of carbonyl (C=O) groups is 1. The zero-order chi connectivity index (χ0) is 14.6. The third-order valence-corrected chi connectivity index (χ3v) is 5.38. The van der Waals surface area contributed by atoms with E-state index in [4.69, 9.17) is 0 Å². The van der Waals surface area contributed by atoms with Crippen molar-refractivity contribution in [3.05, 3.63) is 0 Å². The van der Waals surface area contributed by atoms with Crippen molar-refractivity contribution in [3.8, 4) is 6.07 Å². The zero-order valence-electron chi connectivity index (χ0n) is 13.0. The molecule has 0 aliphatic heterocycles. The summed E-state index contributed by atoms with van der Waals surface area (Å²) in [5, 5.41) is 12.5. The summed E-state index contributed by atoms with van der Waals surface area (Å²) in [7, 11) is 0. The first-order valence-corrected chi connectivity index (χ1v) is 8.24. The molecule has 1 amide bonds. The molecule has 20 heavy (non-hydrogen) atoms. The third kappa shape index (κ3) is 3.53. The summed E-state index contributed by atoms with van der Waals surface area (Å²) in [4.78, 5) is 12.6. The second kappa shape index (κ2) is 6.61. The van der Waals surface area contributed by atoms with Crippen LogP contribution in [-0.2, 0) is 4.79 Å². The van der Waals surface area contributed by atoms with E-state index in [0.717, 1.165) is 32.1 Å². The average Bonchev–Trinajstić information content (AvgIpc) is 2.45. The fraction of sp³-hybridized carbons (Fsp3) is 0.882. The molecule has 0 aromatic carbocycles. The molecule has 0 saturated heterocycles. The minimum absolute atomic E-state index is 0.0783. The van der Waals surface area contributed by atoms with Crippen LogP contribution in [0.4, 0.5) is 0 Å². The van der Waals surface area contributed by atoms with Gasteiger partial charge in [-0.2, -0.15) is 5.26 Å². The van der Waals surface area contributed by atoms with E-state index in [1.54, 1.807) is 0 Å². The predicted molar refractivity (Wildman–Crippen MR) is 79.9 cm³/mol. The van der Waals surface area contributed by atoms with E-state index in [1.165, 1.54) is 25.7 Å². The van der Waals surface area contributed by atoms with Gasteiger partial charge in [0, 0.05) is 5.92 Å². The van der Waals surface area contributed by atoms with Crippen LogP contribution < -0.4 is 5.32 Å². The minimum Gasteiger partial charge on any atom is -0.340 e. The molecule has 2 aliphatic carbocycles. The lowest BCUT2D eigenvalue weighted by Crippen LogP contribution is -2.47. The molecule has 0 heterocycles. The molecule has 1 N–H and O–H groups in total. The Bertz CT molecular complexity index is 377. The van der Waals surface area contributed by atoms with Gasteiger partial charge in [0.05, 0.1) is 6.07 Å². The van der Waals surface area contributed by atoms with Crippen molar-refractivity contribution in [3.63, 3.8) is 0 Å². The lowest BCUT2D eigenvalue weighted by Gasteiger charge is -2.38. The molecule has 0 spiro atoms. The maximum Gasteiger partial charge on any atom is 0.224 e. The molecular formula is C17H28N2O. The molecule has 3 heteroatoms. The van der Waals surface area contributed by atoms with Crippen LogP contribution in [0.1, 0.15) is 71.6 Å². The number of rotatable bonds is 3. The standard InChI is InChI=1S/C17H28N2O/c1-17(2)11-7-6-10-14(17)16(20)19-15(12-18)13-8-4-3-5-9-13/h13-15H,3-11H2,1-2H3,(H,19,20). The Morgan fingerprint density at radius 2 is 1.80 bits per heavy atom. The van der Waals surface area contributed by atoms with Crippen LogP contribution in [0.5, 0.6) is 0 Å². The van der Waals surface area contributed by atoms with Crippen molar-refractivity contribution in [2.45, 2.75) is 77.7 Å². The summed E-state index contributed by atoms with van der Waals surface area (Å²) in [5.74, 6) is 0.562. The van der Waals surface area contributed by atoms with Crippen LogP contribution in [0, 0.1) is 28.6 Å². The number of hydrogen-bond donors (Lipinski definition) is 1. The fourth-order valence-corrected chi connectivity index (χ4v) is 3.96. The van der Waals surface area contributed by atoms with Gasteiger partial charge in [-0.15, -0.1) is 0 Å². The summed E-state index contributed by atoms with van der Waals surface area (Å²) in [6.45, 7) is 4.39. The van der Waals surface area contributed by atoms with Gasteiger partial charge in [0.2, 0.25) is 5.91 Å². The van der Waals surface area contributed by atoms with E-state index >= 15 is 0 Å². The van der Waals surface area contributed by atoms with Crippen LogP contribution in [0.3, 0.4) is 0 Å². The molecule has 2 aliphatic rings. The van der Waals surface area contributed by atoms with Gasteiger partial charge in [-0.3, -0.25) is 4.79 Å². The zero-order valence-corrected chi connectivity index (χ0v) is 13.0. The highest BCUT2D eigenvalue weighted by atomic mass is 16.2. The third-order valence-electron chi connectivity index (χ3n) is 5.38. The Morgan fingerprint density at radius 3 is 2.40 bits per heavy atom. The summed E-state index contributed by atoms with van der Waals surface area (Å²) >= 11 is 0.